The van der Waals surface area contributed by atoms with Crippen LogP contribution < -0.4 is 9.46 Å². The predicted molar refractivity (Wildman–Crippen MR) is 94.5 cm³/mol. The van der Waals surface area contributed by atoms with Crippen LogP contribution in [0.15, 0.2) is 30.3 Å². The van der Waals surface area contributed by atoms with Crippen molar-refractivity contribution >= 4 is 50.7 Å². The van der Waals surface area contributed by atoms with Crippen molar-refractivity contribution in [3.63, 3.8) is 0 Å². The molecule has 0 aliphatic heterocycles. The lowest BCUT2D eigenvalue weighted by Crippen LogP contribution is -2.30. The number of amides is 1. The predicted octanol–water partition coefficient (Wildman–Crippen LogP) is 4.05. The first-order valence-corrected chi connectivity index (χ1v) is 9.67. The molecular formula is C15H11Cl3FNO4S. The Morgan fingerprint density at radius 1 is 1.12 bits per heavy atom. The molecule has 0 aliphatic carbocycles. The van der Waals surface area contributed by atoms with Crippen LogP contribution in [0.2, 0.25) is 15.1 Å². The topological polar surface area (TPSA) is 72.5 Å². The number of carbonyl (C=O) groups is 1. The summed E-state index contributed by atoms with van der Waals surface area (Å²) in [7, 11) is -3.82. The maximum Gasteiger partial charge on any atom is 0.267 e. The van der Waals surface area contributed by atoms with E-state index in [2.05, 4.69) is 0 Å². The van der Waals surface area contributed by atoms with Gasteiger partial charge in [-0.1, -0.05) is 34.8 Å². The standard InChI is InChI=1S/C15H11Cl3FNO4S/c1-25(22,23)20-15(21)10-6-12(17)8(4-14(10)19)7-24-9-2-3-11(16)13(18)5-9/h2-6H,7H2,1H3,(H,20,21). The lowest BCUT2D eigenvalue weighted by atomic mass is 10.1. The number of carbonyl (C=O) groups excluding carboxylic acids is 1. The van der Waals surface area contributed by atoms with Crippen LogP contribution in [0.3, 0.4) is 0 Å². The fourth-order valence-corrected chi connectivity index (χ4v) is 2.78. The Bertz CT molecular complexity index is 935. The molecule has 2 rings (SSSR count). The summed E-state index contributed by atoms with van der Waals surface area (Å²) in [5.74, 6) is -1.65. The van der Waals surface area contributed by atoms with Gasteiger partial charge in [-0.3, -0.25) is 4.79 Å². The van der Waals surface area contributed by atoms with E-state index in [4.69, 9.17) is 39.5 Å². The van der Waals surface area contributed by atoms with Crippen molar-refractivity contribution in [2.45, 2.75) is 6.61 Å². The average Bonchev–Trinajstić information content (AvgIpc) is 2.49. The Balaban J connectivity index is 2.19. The van der Waals surface area contributed by atoms with E-state index in [1.165, 1.54) is 6.07 Å². The summed E-state index contributed by atoms with van der Waals surface area (Å²) in [4.78, 5) is 11.7. The SMILES string of the molecule is CS(=O)(=O)NC(=O)c1cc(Cl)c(COc2ccc(Cl)c(Cl)c2)cc1F. The van der Waals surface area contributed by atoms with Crippen LogP contribution in [0.1, 0.15) is 15.9 Å². The number of hydrogen-bond acceptors (Lipinski definition) is 4. The Morgan fingerprint density at radius 3 is 2.40 bits per heavy atom. The zero-order valence-corrected chi connectivity index (χ0v) is 15.7. The summed E-state index contributed by atoms with van der Waals surface area (Å²) in [6, 6.07) is 6.64. The van der Waals surface area contributed by atoms with Gasteiger partial charge in [0.25, 0.3) is 5.91 Å². The van der Waals surface area contributed by atoms with E-state index in [1.807, 2.05) is 0 Å². The van der Waals surface area contributed by atoms with Crippen molar-refractivity contribution in [2.24, 2.45) is 0 Å². The van der Waals surface area contributed by atoms with Crippen LogP contribution in [0.5, 0.6) is 5.75 Å². The number of nitrogens with one attached hydrogen (secondary N) is 1. The Labute approximate surface area is 158 Å². The first-order chi connectivity index (χ1) is 11.6. The molecule has 0 fully saturated rings. The monoisotopic (exact) mass is 425 g/mol. The van der Waals surface area contributed by atoms with Crippen molar-refractivity contribution < 1.29 is 22.3 Å². The van der Waals surface area contributed by atoms with Crippen molar-refractivity contribution in [2.75, 3.05) is 6.26 Å². The maximum atomic E-state index is 14.1. The van der Waals surface area contributed by atoms with E-state index in [1.54, 1.807) is 16.9 Å². The summed E-state index contributed by atoms with van der Waals surface area (Å²) in [6.07, 6.45) is 0.782. The summed E-state index contributed by atoms with van der Waals surface area (Å²) >= 11 is 17.7. The van der Waals surface area contributed by atoms with Crippen LogP contribution in [0, 0.1) is 5.82 Å². The summed E-state index contributed by atoms with van der Waals surface area (Å²) in [6.45, 7) is -0.0955. The molecule has 0 bridgehead atoms. The van der Waals surface area contributed by atoms with E-state index < -0.39 is 27.3 Å². The van der Waals surface area contributed by atoms with Gasteiger partial charge in [-0.25, -0.2) is 17.5 Å². The van der Waals surface area contributed by atoms with E-state index in [9.17, 15) is 17.6 Å². The van der Waals surface area contributed by atoms with Gasteiger partial charge >= 0.3 is 0 Å². The van der Waals surface area contributed by atoms with E-state index in [0.717, 1.165) is 18.4 Å². The van der Waals surface area contributed by atoms with Gasteiger partial charge in [0, 0.05) is 16.7 Å². The Kier molecular flexibility index (Phi) is 6.16. The van der Waals surface area contributed by atoms with Crippen molar-refractivity contribution in [1.82, 2.24) is 4.72 Å². The van der Waals surface area contributed by atoms with Crippen LogP contribution in [-0.2, 0) is 16.6 Å². The lowest BCUT2D eigenvalue weighted by molar-refractivity contribution is 0.0977. The molecule has 2 aromatic carbocycles. The van der Waals surface area contributed by atoms with E-state index >= 15 is 0 Å². The van der Waals surface area contributed by atoms with Gasteiger partial charge in [-0.15, -0.1) is 0 Å². The molecule has 0 atom stereocenters. The molecule has 0 spiro atoms. The first kappa shape index (κ1) is 19.8. The Morgan fingerprint density at radius 2 is 1.80 bits per heavy atom. The quantitative estimate of drug-likeness (QED) is 0.783. The molecule has 0 saturated heterocycles. The van der Waals surface area contributed by atoms with Gasteiger partial charge in [0.15, 0.2) is 0 Å². The molecule has 0 aliphatic rings. The highest BCUT2D eigenvalue weighted by Crippen LogP contribution is 2.28. The maximum absolute atomic E-state index is 14.1. The second kappa shape index (κ2) is 7.78. The van der Waals surface area contributed by atoms with Gasteiger partial charge in [0.2, 0.25) is 10.0 Å². The Hall–Kier alpha value is -1.54. The fraction of sp³-hybridized carbons (Fsp3) is 0.133. The summed E-state index contributed by atoms with van der Waals surface area (Å²) < 4.78 is 43.3. The van der Waals surface area contributed by atoms with Crippen LogP contribution in [-0.4, -0.2) is 20.6 Å². The molecule has 25 heavy (non-hydrogen) atoms. The number of sulfonamides is 1. The normalized spacial score (nSPS) is 11.2. The molecule has 2 aromatic rings. The fourth-order valence-electron chi connectivity index (χ4n) is 1.82. The molecule has 0 saturated carbocycles. The molecule has 1 N–H and O–H groups in total. The second-order valence-electron chi connectivity index (χ2n) is 4.99. The van der Waals surface area contributed by atoms with Gasteiger partial charge in [0.05, 0.1) is 21.9 Å². The minimum atomic E-state index is -3.82. The zero-order chi connectivity index (χ0) is 18.8. The zero-order valence-electron chi connectivity index (χ0n) is 12.6. The number of benzene rings is 2. The van der Waals surface area contributed by atoms with Gasteiger partial charge < -0.3 is 4.74 Å². The van der Waals surface area contributed by atoms with E-state index in [-0.39, 0.29) is 17.2 Å². The molecule has 0 aromatic heterocycles. The molecule has 1 amide bonds. The average molecular weight is 427 g/mol. The lowest BCUT2D eigenvalue weighted by Gasteiger charge is -2.11. The van der Waals surface area contributed by atoms with Gasteiger partial charge in [-0.05, 0) is 24.3 Å². The third-order valence-electron chi connectivity index (χ3n) is 2.94. The molecule has 0 unspecified atom stereocenters. The minimum Gasteiger partial charge on any atom is -0.489 e. The number of ether oxygens (including phenoxy) is 1. The molecule has 0 heterocycles. The summed E-state index contributed by atoms with van der Waals surface area (Å²) in [5, 5.41) is 0.698. The number of rotatable bonds is 5. The highest BCUT2D eigenvalue weighted by Gasteiger charge is 2.18. The third-order valence-corrected chi connectivity index (χ3v) is 4.59. The van der Waals surface area contributed by atoms with E-state index in [0.29, 0.717) is 15.8 Å². The molecule has 5 nitrogen and oxygen atoms in total. The van der Waals surface area contributed by atoms with Crippen LogP contribution >= 0.6 is 34.8 Å². The molecule has 10 heteroatoms. The van der Waals surface area contributed by atoms with Gasteiger partial charge in [0.1, 0.15) is 18.2 Å². The highest BCUT2D eigenvalue weighted by atomic mass is 35.5. The largest absolute Gasteiger partial charge is 0.489 e. The first-order valence-electron chi connectivity index (χ1n) is 6.64. The van der Waals surface area contributed by atoms with Crippen LogP contribution in [0.25, 0.3) is 0 Å². The van der Waals surface area contributed by atoms with Crippen molar-refractivity contribution in [1.29, 1.82) is 0 Å². The number of halogens is 4. The molecule has 134 valence electrons. The molecule has 0 radical (unpaired) electrons. The second-order valence-corrected chi connectivity index (χ2v) is 7.96. The smallest absolute Gasteiger partial charge is 0.267 e. The highest BCUT2D eigenvalue weighted by molar-refractivity contribution is 7.89. The van der Waals surface area contributed by atoms with Crippen LogP contribution in [0.4, 0.5) is 4.39 Å². The van der Waals surface area contributed by atoms with Crippen molar-refractivity contribution in [3.8, 4) is 5.75 Å². The number of hydrogen-bond donors (Lipinski definition) is 1. The minimum absolute atomic E-state index is 0.0418. The molecular weight excluding hydrogens is 416 g/mol. The summed E-state index contributed by atoms with van der Waals surface area (Å²) in [5.41, 5.74) is -0.227. The van der Waals surface area contributed by atoms with Crippen molar-refractivity contribution in [3.05, 3.63) is 62.3 Å². The van der Waals surface area contributed by atoms with Gasteiger partial charge in [-0.2, -0.15) is 0 Å². The third kappa shape index (κ3) is 5.47.